The summed E-state index contributed by atoms with van der Waals surface area (Å²) in [7, 11) is 3.88. The van der Waals surface area contributed by atoms with Crippen LogP contribution in [0.1, 0.15) is 27.7 Å². The number of carbonyl (C=O) groups excluding carboxylic acids is 1. The number of carbonyl (C=O) groups is 1. The monoisotopic (exact) mass is 183 g/mol. The Morgan fingerprint density at radius 3 is 1.77 bits per heavy atom. The van der Waals surface area contributed by atoms with E-state index in [9.17, 15) is 4.79 Å². The zero-order valence-corrected chi connectivity index (χ0v) is 9.59. The molecule has 13 heavy (non-hydrogen) atoms. The highest BCUT2D eigenvalue weighted by atomic mass is 16.1. The first-order chi connectivity index (χ1) is 5.86. The Balaban J connectivity index is 4.72. The van der Waals surface area contributed by atoms with Crippen molar-refractivity contribution in [2.45, 2.75) is 27.7 Å². The van der Waals surface area contributed by atoms with Gasteiger partial charge in [0.25, 0.3) is 0 Å². The van der Waals surface area contributed by atoms with Crippen molar-refractivity contribution < 1.29 is 4.79 Å². The summed E-state index contributed by atoms with van der Waals surface area (Å²) in [6.45, 7) is 7.98. The zero-order chi connectivity index (χ0) is 10.6. The van der Waals surface area contributed by atoms with Gasteiger partial charge >= 0.3 is 0 Å². The van der Waals surface area contributed by atoms with E-state index < -0.39 is 0 Å². The van der Waals surface area contributed by atoms with E-state index in [0.717, 1.165) is 5.57 Å². The van der Waals surface area contributed by atoms with Gasteiger partial charge in [-0.15, -0.1) is 0 Å². The van der Waals surface area contributed by atoms with Gasteiger partial charge in [0.05, 0.1) is 0 Å². The minimum atomic E-state index is 0.0913. The molecule has 0 aliphatic carbocycles. The summed E-state index contributed by atoms with van der Waals surface area (Å²) >= 11 is 0. The lowest BCUT2D eigenvalue weighted by atomic mass is 9.93. The predicted octanol–water partition coefficient (Wildman–Crippen LogP) is 2.31. The molecule has 0 aromatic carbocycles. The lowest BCUT2D eigenvalue weighted by Gasteiger charge is -2.15. The fourth-order valence-electron chi connectivity index (χ4n) is 1.11. The molecule has 0 fully saturated rings. The highest BCUT2D eigenvalue weighted by molar-refractivity contribution is 5.96. The third kappa shape index (κ3) is 4.11. The predicted molar refractivity (Wildman–Crippen MR) is 56.5 cm³/mol. The maximum Gasteiger partial charge on any atom is 0.163 e. The normalized spacial score (nSPS) is 12.5. The number of Topliss-reactive ketones (excluding diaryl/α,β-unsaturated/α-hetero) is 1. The average molecular weight is 183 g/mol. The third-order valence-electron chi connectivity index (χ3n) is 1.83. The van der Waals surface area contributed by atoms with Gasteiger partial charge in [0.15, 0.2) is 5.78 Å². The molecule has 0 aliphatic heterocycles. The first-order valence-corrected chi connectivity index (χ1v) is 4.78. The second kappa shape index (κ2) is 5.05. The van der Waals surface area contributed by atoms with Crippen LogP contribution in [0.4, 0.5) is 0 Å². The summed E-state index contributed by atoms with van der Waals surface area (Å²) in [5.74, 6) is 0.648. The van der Waals surface area contributed by atoms with E-state index >= 15 is 0 Å². The maximum atomic E-state index is 11.7. The lowest BCUT2D eigenvalue weighted by Crippen LogP contribution is -2.17. The molecule has 0 spiro atoms. The molecule has 76 valence electrons. The Labute approximate surface area is 81.6 Å². The molecule has 0 saturated carbocycles. The largest absolute Gasteiger partial charge is 0.383 e. The Bertz CT molecular complexity index is 202. The molecule has 0 radical (unpaired) electrons. The minimum absolute atomic E-state index is 0.0913. The molecule has 0 bridgehead atoms. The summed E-state index contributed by atoms with van der Waals surface area (Å²) in [5, 5.41) is 0. The summed E-state index contributed by atoms with van der Waals surface area (Å²) in [6, 6.07) is 0. The van der Waals surface area contributed by atoms with Crippen molar-refractivity contribution in [1.82, 2.24) is 4.90 Å². The summed E-state index contributed by atoms with van der Waals surface area (Å²) < 4.78 is 0. The van der Waals surface area contributed by atoms with Gasteiger partial charge in [0.2, 0.25) is 0 Å². The lowest BCUT2D eigenvalue weighted by molar-refractivity contribution is -0.118. The molecule has 0 rings (SSSR count). The van der Waals surface area contributed by atoms with Gasteiger partial charge in [-0.1, -0.05) is 27.7 Å². The van der Waals surface area contributed by atoms with E-state index in [4.69, 9.17) is 0 Å². The van der Waals surface area contributed by atoms with Gasteiger partial charge in [0, 0.05) is 31.8 Å². The first-order valence-electron chi connectivity index (χ1n) is 4.78. The molecule has 0 heterocycles. The number of allylic oxidation sites excluding steroid dienone is 1. The molecule has 2 heteroatoms. The summed E-state index contributed by atoms with van der Waals surface area (Å²) in [4.78, 5) is 13.7. The highest BCUT2D eigenvalue weighted by Gasteiger charge is 2.16. The van der Waals surface area contributed by atoms with Crippen molar-refractivity contribution in [1.29, 1.82) is 0 Å². The van der Waals surface area contributed by atoms with Crippen LogP contribution in [0.25, 0.3) is 0 Å². The molecule has 0 N–H and O–H groups in total. The molecule has 0 saturated heterocycles. The van der Waals surface area contributed by atoms with E-state index in [-0.39, 0.29) is 11.7 Å². The van der Waals surface area contributed by atoms with Crippen molar-refractivity contribution in [2.75, 3.05) is 14.1 Å². The Hall–Kier alpha value is -0.790. The van der Waals surface area contributed by atoms with E-state index in [0.29, 0.717) is 5.92 Å². The van der Waals surface area contributed by atoms with Crippen LogP contribution in [-0.4, -0.2) is 24.8 Å². The molecular weight excluding hydrogens is 162 g/mol. The van der Waals surface area contributed by atoms with Crippen LogP contribution < -0.4 is 0 Å². The van der Waals surface area contributed by atoms with Crippen molar-refractivity contribution >= 4 is 5.78 Å². The van der Waals surface area contributed by atoms with Gasteiger partial charge in [-0.2, -0.15) is 0 Å². The van der Waals surface area contributed by atoms with Gasteiger partial charge in [0.1, 0.15) is 0 Å². The number of hydrogen-bond acceptors (Lipinski definition) is 2. The average Bonchev–Trinajstić information content (AvgIpc) is 1.97. The molecule has 0 atom stereocenters. The smallest absolute Gasteiger partial charge is 0.163 e. The molecule has 0 aromatic heterocycles. The SMILES string of the molecule is CC(C)C(=O)/C(=C\N(C)C)C(C)C. The van der Waals surface area contributed by atoms with Crippen molar-refractivity contribution in [2.24, 2.45) is 11.8 Å². The maximum absolute atomic E-state index is 11.7. The molecule has 0 unspecified atom stereocenters. The van der Waals surface area contributed by atoms with Gasteiger partial charge < -0.3 is 4.90 Å². The topological polar surface area (TPSA) is 20.3 Å². The van der Waals surface area contributed by atoms with Gasteiger partial charge in [-0.3, -0.25) is 4.79 Å². The summed E-state index contributed by atoms with van der Waals surface area (Å²) in [6.07, 6.45) is 1.92. The van der Waals surface area contributed by atoms with Crippen LogP contribution in [0.15, 0.2) is 11.8 Å². The second-order valence-corrected chi connectivity index (χ2v) is 4.22. The number of ketones is 1. The molecule has 2 nitrogen and oxygen atoms in total. The molecule has 0 aliphatic rings. The summed E-state index contributed by atoms with van der Waals surface area (Å²) in [5.41, 5.74) is 0.917. The fourth-order valence-corrected chi connectivity index (χ4v) is 1.11. The number of nitrogens with zero attached hydrogens (tertiary/aromatic N) is 1. The van der Waals surface area contributed by atoms with Crippen LogP contribution in [-0.2, 0) is 4.79 Å². The van der Waals surface area contributed by atoms with Crippen LogP contribution in [0, 0.1) is 11.8 Å². The van der Waals surface area contributed by atoms with E-state index in [1.54, 1.807) is 0 Å². The molecule has 0 aromatic rings. The molecule has 0 amide bonds. The van der Waals surface area contributed by atoms with Crippen LogP contribution in [0.2, 0.25) is 0 Å². The second-order valence-electron chi connectivity index (χ2n) is 4.22. The Kier molecular flexibility index (Phi) is 4.74. The quantitative estimate of drug-likeness (QED) is 0.623. The number of rotatable bonds is 4. The number of hydrogen-bond donors (Lipinski definition) is 0. The fraction of sp³-hybridized carbons (Fsp3) is 0.727. The third-order valence-corrected chi connectivity index (χ3v) is 1.83. The van der Waals surface area contributed by atoms with Gasteiger partial charge in [-0.05, 0) is 5.92 Å². The highest BCUT2D eigenvalue weighted by Crippen LogP contribution is 2.15. The van der Waals surface area contributed by atoms with E-state index in [1.807, 2.05) is 39.0 Å². The first kappa shape index (κ1) is 12.2. The minimum Gasteiger partial charge on any atom is -0.383 e. The Morgan fingerprint density at radius 1 is 1.08 bits per heavy atom. The Morgan fingerprint density at radius 2 is 1.54 bits per heavy atom. The zero-order valence-electron chi connectivity index (χ0n) is 9.59. The van der Waals surface area contributed by atoms with Crippen molar-refractivity contribution in [3.8, 4) is 0 Å². The standard InChI is InChI=1S/C11H21NO/c1-8(2)10(7-12(5)6)11(13)9(3)4/h7-9H,1-6H3/b10-7-. The van der Waals surface area contributed by atoms with Crippen LogP contribution >= 0.6 is 0 Å². The van der Waals surface area contributed by atoms with Crippen LogP contribution in [0.5, 0.6) is 0 Å². The van der Waals surface area contributed by atoms with Gasteiger partial charge in [-0.25, -0.2) is 0 Å². The van der Waals surface area contributed by atoms with E-state index in [2.05, 4.69) is 13.8 Å². The molecular formula is C11H21NO. The van der Waals surface area contributed by atoms with Crippen molar-refractivity contribution in [3.05, 3.63) is 11.8 Å². The van der Waals surface area contributed by atoms with Crippen LogP contribution in [0.3, 0.4) is 0 Å². The van der Waals surface area contributed by atoms with Crippen molar-refractivity contribution in [3.63, 3.8) is 0 Å². The van der Waals surface area contributed by atoms with E-state index in [1.165, 1.54) is 0 Å².